The van der Waals surface area contributed by atoms with E-state index in [2.05, 4.69) is 0 Å². The summed E-state index contributed by atoms with van der Waals surface area (Å²) in [6.07, 6.45) is 2.84. The Bertz CT molecular complexity index is 397. The average Bonchev–Trinajstić information content (AvgIpc) is 2.47. The molecule has 120 valence electrons. The number of carbonyl (C=O) groups is 2. The number of hydrogen-bond acceptors (Lipinski definition) is 3. The molecule has 5 nitrogen and oxygen atoms in total. The third kappa shape index (κ3) is 3.07. The van der Waals surface area contributed by atoms with Crippen LogP contribution in [0.1, 0.15) is 47.0 Å². The molecule has 0 radical (unpaired) electrons. The topological polar surface area (TPSA) is 49.9 Å². The highest BCUT2D eigenvalue weighted by atomic mass is 16.5. The van der Waals surface area contributed by atoms with Crippen LogP contribution in [-0.2, 0) is 14.3 Å². The Morgan fingerprint density at radius 2 is 1.90 bits per heavy atom. The number of rotatable bonds is 5. The van der Waals surface area contributed by atoms with Gasteiger partial charge in [-0.05, 0) is 39.0 Å². The Labute approximate surface area is 127 Å². The van der Waals surface area contributed by atoms with Gasteiger partial charge in [-0.2, -0.15) is 0 Å². The minimum absolute atomic E-state index is 0.0575. The van der Waals surface area contributed by atoms with Crippen LogP contribution in [0.4, 0.5) is 0 Å². The molecule has 2 aliphatic heterocycles. The lowest BCUT2D eigenvalue weighted by Gasteiger charge is -2.50. The molecule has 5 heteroatoms. The van der Waals surface area contributed by atoms with Gasteiger partial charge in [-0.1, -0.05) is 13.8 Å². The summed E-state index contributed by atoms with van der Waals surface area (Å²) in [7, 11) is 0. The van der Waals surface area contributed by atoms with Gasteiger partial charge in [0.15, 0.2) is 0 Å². The van der Waals surface area contributed by atoms with E-state index in [1.165, 1.54) is 0 Å². The highest BCUT2D eigenvalue weighted by molar-refractivity contribution is 5.97. The summed E-state index contributed by atoms with van der Waals surface area (Å²) in [5.74, 6) is 0.353. The highest BCUT2D eigenvalue weighted by Gasteiger charge is 2.48. The van der Waals surface area contributed by atoms with Gasteiger partial charge < -0.3 is 14.5 Å². The normalized spacial score (nSPS) is 28.0. The lowest BCUT2D eigenvalue weighted by molar-refractivity contribution is -0.169. The third-order valence-corrected chi connectivity index (χ3v) is 4.55. The molecule has 0 aromatic heterocycles. The first-order chi connectivity index (χ1) is 9.99. The summed E-state index contributed by atoms with van der Waals surface area (Å²) in [4.78, 5) is 29.3. The molecule has 2 saturated heterocycles. The zero-order chi connectivity index (χ0) is 15.6. The van der Waals surface area contributed by atoms with Crippen molar-refractivity contribution < 1.29 is 14.3 Å². The molecule has 0 spiro atoms. The largest absolute Gasteiger partial charge is 0.380 e. The Kier molecular flexibility index (Phi) is 5.25. The molecule has 3 unspecified atom stereocenters. The number of amides is 2. The third-order valence-electron chi connectivity index (χ3n) is 4.55. The Balaban J connectivity index is 2.26. The van der Waals surface area contributed by atoms with E-state index in [0.29, 0.717) is 13.2 Å². The summed E-state index contributed by atoms with van der Waals surface area (Å²) in [6, 6.07) is -0.648. The van der Waals surface area contributed by atoms with E-state index in [1.807, 2.05) is 32.6 Å². The second-order valence-corrected chi connectivity index (χ2v) is 6.49. The summed E-state index contributed by atoms with van der Waals surface area (Å²) < 4.78 is 5.48. The molecule has 0 bridgehead atoms. The fourth-order valence-electron chi connectivity index (χ4n) is 3.52. The summed E-state index contributed by atoms with van der Waals surface area (Å²) >= 11 is 0. The van der Waals surface area contributed by atoms with Gasteiger partial charge in [-0.3, -0.25) is 9.59 Å². The lowest BCUT2D eigenvalue weighted by atomic mass is 9.89. The summed E-state index contributed by atoms with van der Waals surface area (Å²) in [6.45, 7) is 9.80. The minimum Gasteiger partial charge on any atom is -0.380 e. The molecule has 2 heterocycles. The van der Waals surface area contributed by atoms with Crippen LogP contribution in [0.2, 0.25) is 0 Å². The van der Waals surface area contributed by atoms with Crippen LogP contribution < -0.4 is 0 Å². The Hall–Kier alpha value is -1.10. The smallest absolute Gasteiger partial charge is 0.246 e. The van der Waals surface area contributed by atoms with Gasteiger partial charge in [0.05, 0.1) is 12.6 Å². The van der Waals surface area contributed by atoms with E-state index in [1.54, 1.807) is 4.90 Å². The van der Waals surface area contributed by atoms with E-state index in [9.17, 15) is 9.59 Å². The van der Waals surface area contributed by atoms with Crippen molar-refractivity contribution in [3.05, 3.63) is 0 Å². The number of nitrogens with zero attached hydrogens (tertiary/aromatic N) is 2. The van der Waals surface area contributed by atoms with Crippen molar-refractivity contribution in [2.75, 3.05) is 19.8 Å². The zero-order valence-corrected chi connectivity index (χ0v) is 13.7. The van der Waals surface area contributed by atoms with Crippen molar-refractivity contribution >= 4 is 11.8 Å². The zero-order valence-electron chi connectivity index (χ0n) is 13.7. The predicted molar refractivity (Wildman–Crippen MR) is 80.8 cm³/mol. The van der Waals surface area contributed by atoms with E-state index >= 15 is 0 Å². The van der Waals surface area contributed by atoms with Gasteiger partial charge >= 0.3 is 0 Å². The highest BCUT2D eigenvalue weighted by Crippen LogP contribution is 2.30. The number of carbonyl (C=O) groups excluding carboxylic acids is 2. The van der Waals surface area contributed by atoms with Crippen molar-refractivity contribution in [2.45, 2.75) is 65.1 Å². The molecule has 0 N–H and O–H groups in total. The maximum absolute atomic E-state index is 12.9. The molecular formula is C16H28N2O3. The van der Waals surface area contributed by atoms with Gasteiger partial charge in [0.2, 0.25) is 11.8 Å². The van der Waals surface area contributed by atoms with Gasteiger partial charge in [0, 0.05) is 13.2 Å². The maximum atomic E-state index is 12.9. The number of ether oxygens (including phenoxy) is 1. The Morgan fingerprint density at radius 1 is 1.19 bits per heavy atom. The van der Waals surface area contributed by atoms with Gasteiger partial charge in [0.1, 0.15) is 12.1 Å². The first-order valence-electron chi connectivity index (χ1n) is 8.19. The van der Waals surface area contributed by atoms with Gasteiger partial charge in [-0.15, -0.1) is 0 Å². The molecule has 0 aromatic rings. The molecule has 2 rings (SSSR count). The van der Waals surface area contributed by atoms with Crippen LogP contribution >= 0.6 is 0 Å². The van der Waals surface area contributed by atoms with Gasteiger partial charge in [-0.25, -0.2) is 0 Å². The summed E-state index contributed by atoms with van der Waals surface area (Å²) in [5, 5.41) is 0. The predicted octanol–water partition coefficient (Wildman–Crippen LogP) is 1.66. The van der Waals surface area contributed by atoms with Crippen LogP contribution in [0.3, 0.4) is 0 Å². The standard InChI is InChI=1S/C16H28N2O3/c1-5-21-10-12(4)18-14(11(2)3)16(20)17-9-7-6-8-13(17)15(18)19/h11-14H,5-10H2,1-4H3. The number of hydrogen-bond donors (Lipinski definition) is 0. The average molecular weight is 296 g/mol. The van der Waals surface area contributed by atoms with Crippen molar-refractivity contribution in [3.8, 4) is 0 Å². The second kappa shape index (κ2) is 6.77. The monoisotopic (exact) mass is 296 g/mol. The molecule has 21 heavy (non-hydrogen) atoms. The molecule has 2 aliphatic rings. The van der Waals surface area contributed by atoms with E-state index < -0.39 is 0 Å². The van der Waals surface area contributed by atoms with Crippen molar-refractivity contribution in [3.63, 3.8) is 0 Å². The SMILES string of the molecule is CCOCC(C)N1C(=O)C2CCCCN2C(=O)C1C(C)C. The molecular weight excluding hydrogens is 268 g/mol. The van der Waals surface area contributed by atoms with Crippen molar-refractivity contribution in [1.82, 2.24) is 9.80 Å². The fraction of sp³-hybridized carbons (Fsp3) is 0.875. The molecule has 0 saturated carbocycles. The molecule has 0 aromatic carbocycles. The van der Waals surface area contributed by atoms with Crippen LogP contribution in [0, 0.1) is 5.92 Å². The number of fused-ring (bicyclic) bond motifs is 1. The minimum atomic E-state index is -0.345. The molecule has 3 atom stereocenters. The fourth-order valence-corrected chi connectivity index (χ4v) is 3.52. The first kappa shape index (κ1) is 16.3. The van der Waals surface area contributed by atoms with Crippen LogP contribution in [0.15, 0.2) is 0 Å². The molecule has 2 fully saturated rings. The van der Waals surface area contributed by atoms with Crippen LogP contribution in [-0.4, -0.2) is 59.5 Å². The first-order valence-corrected chi connectivity index (χ1v) is 8.19. The van der Waals surface area contributed by atoms with E-state index in [4.69, 9.17) is 4.74 Å². The summed E-state index contributed by atoms with van der Waals surface area (Å²) in [5.41, 5.74) is 0. The second-order valence-electron chi connectivity index (χ2n) is 6.49. The van der Waals surface area contributed by atoms with Crippen LogP contribution in [0.5, 0.6) is 0 Å². The van der Waals surface area contributed by atoms with Crippen LogP contribution in [0.25, 0.3) is 0 Å². The molecule has 0 aliphatic carbocycles. The van der Waals surface area contributed by atoms with Gasteiger partial charge in [0.25, 0.3) is 0 Å². The lowest BCUT2D eigenvalue weighted by Crippen LogP contribution is -2.69. The Morgan fingerprint density at radius 3 is 2.52 bits per heavy atom. The molecule has 2 amide bonds. The van der Waals surface area contributed by atoms with Crippen molar-refractivity contribution in [2.24, 2.45) is 5.92 Å². The number of piperazine rings is 1. The van der Waals surface area contributed by atoms with E-state index in [-0.39, 0.29) is 35.9 Å². The number of piperidine rings is 1. The van der Waals surface area contributed by atoms with Crippen molar-refractivity contribution in [1.29, 1.82) is 0 Å². The quantitative estimate of drug-likeness (QED) is 0.775. The maximum Gasteiger partial charge on any atom is 0.246 e. The van der Waals surface area contributed by atoms with E-state index in [0.717, 1.165) is 25.8 Å².